The lowest BCUT2D eigenvalue weighted by Crippen LogP contribution is -2.46. The Morgan fingerprint density at radius 2 is 2.19 bits per heavy atom. The van der Waals surface area contributed by atoms with Crippen molar-refractivity contribution >= 4 is 16.8 Å². The van der Waals surface area contributed by atoms with Gasteiger partial charge in [-0.15, -0.1) is 13.2 Å². The topological polar surface area (TPSA) is 46.1 Å². The zero-order valence-corrected chi connectivity index (χ0v) is 15.8. The molecule has 0 bridgehead atoms. The van der Waals surface area contributed by atoms with Crippen molar-refractivity contribution in [2.24, 2.45) is 5.92 Å². The Kier molecular flexibility index (Phi) is 5.62. The first-order chi connectivity index (χ1) is 12.5. The number of carbonyl (C=O) groups is 1. The summed E-state index contributed by atoms with van der Waals surface area (Å²) >= 11 is 0. The third-order valence-electron chi connectivity index (χ3n) is 4.99. The van der Waals surface area contributed by atoms with Crippen molar-refractivity contribution in [1.29, 1.82) is 0 Å². The second-order valence-electron chi connectivity index (χ2n) is 7.48. The molecule has 1 aliphatic heterocycles. The van der Waals surface area contributed by atoms with Gasteiger partial charge < -0.3 is 9.88 Å². The van der Waals surface area contributed by atoms with Gasteiger partial charge in [0.05, 0.1) is 6.04 Å². The van der Waals surface area contributed by atoms with E-state index in [1.54, 1.807) is 6.08 Å². The van der Waals surface area contributed by atoms with Gasteiger partial charge in [0, 0.05) is 36.2 Å². The lowest BCUT2D eigenvalue weighted by Gasteiger charge is -2.25. The van der Waals surface area contributed by atoms with Crippen LogP contribution < -0.4 is 10.6 Å². The molecular formula is C22H29N3O. The molecule has 2 N–H and O–H groups in total. The fourth-order valence-electron chi connectivity index (χ4n) is 3.95. The smallest absolute Gasteiger partial charge is 0.237 e. The Bertz CT molecular complexity index is 818. The lowest BCUT2D eigenvalue weighted by atomic mass is 9.94. The van der Waals surface area contributed by atoms with E-state index in [-0.39, 0.29) is 18.0 Å². The average Bonchev–Trinajstić information content (AvgIpc) is 2.87. The van der Waals surface area contributed by atoms with E-state index in [9.17, 15) is 4.79 Å². The Balaban J connectivity index is 2.07. The van der Waals surface area contributed by atoms with E-state index in [1.165, 1.54) is 22.0 Å². The number of aromatic nitrogens is 1. The third kappa shape index (κ3) is 3.61. The van der Waals surface area contributed by atoms with Crippen LogP contribution in [-0.2, 0) is 17.8 Å². The first kappa shape index (κ1) is 18.5. The van der Waals surface area contributed by atoms with Crippen LogP contribution in [0.1, 0.15) is 37.4 Å². The first-order valence-electron chi connectivity index (χ1n) is 9.41. The maximum absolute atomic E-state index is 12.7. The minimum absolute atomic E-state index is 0.0380. The predicted octanol–water partition coefficient (Wildman–Crippen LogP) is 3.73. The number of carbonyl (C=O) groups excluding carboxylic acids is 1. The molecule has 0 radical (unpaired) electrons. The molecule has 0 saturated carbocycles. The van der Waals surface area contributed by atoms with Gasteiger partial charge in [-0.3, -0.25) is 10.1 Å². The lowest BCUT2D eigenvalue weighted by molar-refractivity contribution is -0.123. The van der Waals surface area contributed by atoms with E-state index >= 15 is 0 Å². The number of benzene rings is 1. The van der Waals surface area contributed by atoms with Crippen molar-refractivity contribution in [2.75, 3.05) is 6.54 Å². The van der Waals surface area contributed by atoms with Crippen LogP contribution in [-0.4, -0.2) is 23.1 Å². The van der Waals surface area contributed by atoms with Crippen LogP contribution in [0.15, 0.2) is 49.7 Å². The highest BCUT2D eigenvalue weighted by atomic mass is 16.2. The van der Waals surface area contributed by atoms with Crippen LogP contribution in [0.3, 0.4) is 0 Å². The predicted molar refractivity (Wildman–Crippen MR) is 108 cm³/mol. The monoisotopic (exact) mass is 351 g/mol. The number of amides is 1. The highest BCUT2D eigenvalue weighted by Crippen LogP contribution is 2.35. The fraction of sp³-hybridized carbons (Fsp3) is 0.409. The van der Waals surface area contributed by atoms with Gasteiger partial charge in [-0.1, -0.05) is 38.1 Å². The highest BCUT2D eigenvalue weighted by molar-refractivity contribution is 5.90. The fourth-order valence-corrected chi connectivity index (χ4v) is 3.95. The van der Waals surface area contributed by atoms with E-state index in [4.69, 9.17) is 0 Å². The molecule has 1 aromatic heterocycles. The summed E-state index contributed by atoms with van der Waals surface area (Å²) in [5.41, 5.74) is 3.75. The van der Waals surface area contributed by atoms with Crippen molar-refractivity contribution in [3.8, 4) is 0 Å². The maximum atomic E-state index is 12.7. The summed E-state index contributed by atoms with van der Waals surface area (Å²) in [6.45, 7) is 13.3. The molecule has 2 atom stereocenters. The minimum Gasteiger partial charge on any atom is -0.351 e. The summed E-state index contributed by atoms with van der Waals surface area (Å²) in [5.74, 6) is 0.576. The number of nitrogens with zero attached hydrogens (tertiary/aromatic N) is 1. The van der Waals surface area contributed by atoms with E-state index in [2.05, 4.69) is 66.6 Å². The maximum Gasteiger partial charge on any atom is 0.237 e. The molecule has 2 heterocycles. The van der Waals surface area contributed by atoms with Crippen molar-refractivity contribution < 1.29 is 4.79 Å². The minimum atomic E-state index is -0.242. The third-order valence-corrected chi connectivity index (χ3v) is 4.99. The van der Waals surface area contributed by atoms with Crippen LogP contribution in [0.4, 0.5) is 0 Å². The standard InChI is InChI=1S/C22H29N3O/c1-5-10-23-22(26)19-13-16-14-25(11-6-2)20-9-7-8-17(21(16)20)18(24-19)12-15(3)4/h5-9,14-15,18-19,24H,1-2,10-13H2,3-4H3,(H,23,26)/t18-,19-/m0/s1. The molecule has 138 valence electrons. The molecule has 3 rings (SSSR count). The van der Waals surface area contributed by atoms with Gasteiger partial charge in [0.15, 0.2) is 0 Å². The Morgan fingerprint density at radius 1 is 1.38 bits per heavy atom. The number of allylic oxidation sites excluding steroid dienone is 1. The van der Waals surface area contributed by atoms with Crippen LogP contribution in [0.2, 0.25) is 0 Å². The second-order valence-corrected chi connectivity index (χ2v) is 7.48. The van der Waals surface area contributed by atoms with E-state index in [0.29, 0.717) is 18.9 Å². The van der Waals surface area contributed by atoms with Crippen molar-refractivity contribution in [2.45, 2.75) is 45.3 Å². The number of rotatable bonds is 7. The highest BCUT2D eigenvalue weighted by Gasteiger charge is 2.30. The van der Waals surface area contributed by atoms with Crippen molar-refractivity contribution in [3.63, 3.8) is 0 Å². The molecule has 1 amide bonds. The molecule has 0 unspecified atom stereocenters. The molecule has 0 spiro atoms. The summed E-state index contributed by atoms with van der Waals surface area (Å²) in [6, 6.07) is 6.41. The van der Waals surface area contributed by atoms with Crippen molar-refractivity contribution in [3.05, 3.63) is 60.8 Å². The summed E-state index contributed by atoms with van der Waals surface area (Å²) in [7, 11) is 0. The number of nitrogens with one attached hydrogen (secondary N) is 2. The zero-order valence-electron chi connectivity index (χ0n) is 15.8. The number of hydrogen-bond donors (Lipinski definition) is 2. The zero-order chi connectivity index (χ0) is 18.7. The second kappa shape index (κ2) is 7.92. The van der Waals surface area contributed by atoms with Gasteiger partial charge in [-0.05, 0) is 36.0 Å². The normalized spacial score (nSPS) is 19.3. The largest absolute Gasteiger partial charge is 0.351 e. The average molecular weight is 351 g/mol. The van der Waals surface area contributed by atoms with Crippen LogP contribution in [0.25, 0.3) is 10.9 Å². The van der Waals surface area contributed by atoms with Gasteiger partial charge in [0.1, 0.15) is 0 Å². The molecule has 2 aromatic rings. The van der Waals surface area contributed by atoms with E-state index in [0.717, 1.165) is 13.0 Å². The van der Waals surface area contributed by atoms with Gasteiger partial charge in [-0.25, -0.2) is 0 Å². The molecule has 1 aromatic carbocycles. The van der Waals surface area contributed by atoms with Crippen LogP contribution in [0, 0.1) is 5.92 Å². The molecule has 0 saturated heterocycles. The van der Waals surface area contributed by atoms with E-state index < -0.39 is 0 Å². The molecule has 1 aliphatic rings. The van der Waals surface area contributed by atoms with Gasteiger partial charge in [0.2, 0.25) is 5.91 Å². The quantitative estimate of drug-likeness (QED) is 0.747. The SMILES string of the molecule is C=CCNC(=O)[C@@H]1Cc2cn(CC=C)c3cccc(c23)[C@H](CC(C)C)N1. The number of hydrogen-bond acceptors (Lipinski definition) is 2. The summed E-state index contributed by atoms with van der Waals surface area (Å²) in [6.07, 6.45) is 7.50. The molecule has 0 fully saturated rings. The molecule has 26 heavy (non-hydrogen) atoms. The molecule has 0 aliphatic carbocycles. The molecular weight excluding hydrogens is 322 g/mol. The summed E-state index contributed by atoms with van der Waals surface area (Å²) in [5, 5.41) is 7.87. The Morgan fingerprint density at radius 3 is 2.88 bits per heavy atom. The first-order valence-corrected chi connectivity index (χ1v) is 9.41. The van der Waals surface area contributed by atoms with Crippen LogP contribution >= 0.6 is 0 Å². The van der Waals surface area contributed by atoms with E-state index in [1.807, 2.05) is 6.08 Å². The van der Waals surface area contributed by atoms with Gasteiger partial charge >= 0.3 is 0 Å². The van der Waals surface area contributed by atoms with Crippen molar-refractivity contribution in [1.82, 2.24) is 15.2 Å². The Labute approximate surface area is 156 Å². The van der Waals surface area contributed by atoms with Gasteiger partial charge in [-0.2, -0.15) is 0 Å². The van der Waals surface area contributed by atoms with Gasteiger partial charge in [0.25, 0.3) is 0 Å². The summed E-state index contributed by atoms with van der Waals surface area (Å²) < 4.78 is 2.23. The Hall–Kier alpha value is -2.33. The summed E-state index contributed by atoms with van der Waals surface area (Å²) in [4.78, 5) is 12.7. The molecule has 4 nitrogen and oxygen atoms in total. The van der Waals surface area contributed by atoms with Crippen LogP contribution in [0.5, 0.6) is 0 Å². The molecule has 4 heteroatoms.